The van der Waals surface area contributed by atoms with E-state index in [9.17, 15) is 4.79 Å². The van der Waals surface area contributed by atoms with Gasteiger partial charge in [0, 0.05) is 6.42 Å². The fourth-order valence-corrected chi connectivity index (χ4v) is 1.29. The molecule has 0 amide bonds. The zero-order valence-corrected chi connectivity index (χ0v) is 9.69. The molecule has 0 radical (unpaired) electrons. The van der Waals surface area contributed by atoms with Crippen LogP contribution in [0.25, 0.3) is 0 Å². The van der Waals surface area contributed by atoms with Crippen molar-refractivity contribution in [2.24, 2.45) is 11.7 Å². The highest BCUT2D eigenvalue weighted by atomic mass is 16.5. The lowest BCUT2D eigenvalue weighted by molar-refractivity contribution is -0.145. The molecule has 0 fully saturated rings. The van der Waals surface area contributed by atoms with Crippen LogP contribution in [0.15, 0.2) is 30.3 Å². The van der Waals surface area contributed by atoms with Crippen LogP contribution in [-0.4, -0.2) is 12.5 Å². The Hall–Kier alpha value is -1.35. The van der Waals surface area contributed by atoms with Crippen LogP contribution < -0.4 is 5.73 Å². The minimum atomic E-state index is -0.149. The number of carbonyl (C=O) groups excluding carboxylic acids is 1. The van der Waals surface area contributed by atoms with Crippen LogP contribution in [0.5, 0.6) is 0 Å². The largest absolute Gasteiger partial charge is 0.461 e. The second-order valence-corrected chi connectivity index (χ2v) is 4.03. The number of hydrogen-bond donors (Lipinski definition) is 1. The van der Waals surface area contributed by atoms with Crippen LogP contribution in [0.4, 0.5) is 0 Å². The van der Waals surface area contributed by atoms with Gasteiger partial charge < -0.3 is 10.5 Å². The lowest BCUT2D eigenvalue weighted by atomic mass is 10.1. The van der Waals surface area contributed by atoms with E-state index in [2.05, 4.69) is 0 Å². The van der Waals surface area contributed by atoms with E-state index in [4.69, 9.17) is 10.5 Å². The van der Waals surface area contributed by atoms with Crippen molar-refractivity contribution in [2.75, 3.05) is 6.54 Å². The van der Waals surface area contributed by atoms with E-state index in [1.165, 1.54) is 0 Å². The summed E-state index contributed by atoms with van der Waals surface area (Å²) in [7, 11) is 0. The first-order valence-corrected chi connectivity index (χ1v) is 5.62. The summed E-state index contributed by atoms with van der Waals surface area (Å²) in [4.78, 5) is 11.4. The van der Waals surface area contributed by atoms with E-state index < -0.39 is 0 Å². The Morgan fingerprint density at radius 1 is 1.38 bits per heavy atom. The van der Waals surface area contributed by atoms with Gasteiger partial charge in [-0.25, -0.2) is 0 Å². The van der Waals surface area contributed by atoms with Gasteiger partial charge in [-0.05, 0) is 24.4 Å². The van der Waals surface area contributed by atoms with Gasteiger partial charge in [-0.1, -0.05) is 37.3 Å². The second kappa shape index (κ2) is 7.01. The first-order chi connectivity index (χ1) is 7.72. The van der Waals surface area contributed by atoms with Gasteiger partial charge in [0.25, 0.3) is 0 Å². The van der Waals surface area contributed by atoms with E-state index in [0.717, 1.165) is 12.0 Å². The molecule has 16 heavy (non-hydrogen) atoms. The molecule has 1 atom stereocenters. The molecule has 1 aromatic rings. The van der Waals surface area contributed by atoms with E-state index >= 15 is 0 Å². The lowest BCUT2D eigenvalue weighted by Crippen LogP contribution is -2.13. The number of esters is 1. The average molecular weight is 221 g/mol. The fraction of sp³-hybridized carbons (Fsp3) is 0.462. The predicted octanol–water partition coefficient (Wildman–Crippen LogP) is 2.10. The Kier molecular flexibility index (Phi) is 5.57. The molecule has 88 valence electrons. The van der Waals surface area contributed by atoms with Gasteiger partial charge in [0.05, 0.1) is 0 Å². The van der Waals surface area contributed by atoms with Crippen molar-refractivity contribution in [1.29, 1.82) is 0 Å². The summed E-state index contributed by atoms with van der Waals surface area (Å²) in [6, 6.07) is 9.68. The molecule has 1 unspecified atom stereocenters. The van der Waals surface area contributed by atoms with Gasteiger partial charge in [0.1, 0.15) is 6.61 Å². The summed E-state index contributed by atoms with van der Waals surface area (Å²) in [5.41, 5.74) is 6.49. The summed E-state index contributed by atoms with van der Waals surface area (Å²) in [5.74, 6) is 0.230. The Labute approximate surface area is 96.6 Å². The first kappa shape index (κ1) is 12.7. The maximum absolute atomic E-state index is 11.4. The van der Waals surface area contributed by atoms with Crippen LogP contribution in [0.1, 0.15) is 25.3 Å². The zero-order valence-electron chi connectivity index (χ0n) is 9.69. The summed E-state index contributed by atoms with van der Waals surface area (Å²) in [5, 5.41) is 0. The smallest absolute Gasteiger partial charge is 0.306 e. The third kappa shape index (κ3) is 4.94. The highest BCUT2D eigenvalue weighted by molar-refractivity contribution is 5.69. The third-order valence-corrected chi connectivity index (χ3v) is 2.49. The summed E-state index contributed by atoms with van der Waals surface area (Å²) >= 11 is 0. The fourth-order valence-electron chi connectivity index (χ4n) is 1.29. The Balaban J connectivity index is 2.20. The highest BCUT2D eigenvalue weighted by Crippen LogP contribution is 2.06. The quantitative estimate of drug-likeness (QED) is 0.748. The molecule has 3 heteroatoms. The molecule has 1 aromatic carbocycles. The van der Waals surface area contributed by atoms with Gasteiger partial charge in [0.2, 0.25) is 0 Å². The summed E-state index contributed by atoms with van der Waals surface area (Å²) < 4.78 is 5.14. The van der Waals surface area contributed by atoms with Crippen LogP contribution in [0.2, 0.25) is 0 Å². The molecular weight excluding hydrogens is 202 g/mol. The first-order valence-electron chi connectivity index (χ1n) is 5.62. The third-order valence-electron chi connectivity index (χ3n) is 2.49. The average Bonchev–Trinajstić information content (AvgIpc) is 2.34. The number of hydrogen-bond acceptors (Lipinski definition) is 3. The maximum atomic E-state index is 11.4. The van der Waals surface area contributed by atoms with Crippen molar-refractivity contribution in [3.63, 3.8) is 0 Å². The Bertz CT molecular complexity index is 311. The van der Waals surface area contributed by atoms with Crippen molar-refractivity contribution in [3.05, 3.63) is 35.9 Å². The zero-order chi connectivity index (χ0) is 11.8. The van der Waals surface area contributed by atoms with E-state index in [1.807, 2.05) is 37.3 Å². The van der Waals surface area contributed by atoms with Crippen LogP contribution in [0, 0.1) is 5.92 Å². The Morgan fingerprint density at radius 2 is 2.06 bits per heavy atom. The monoisotopic (exact) mass is 221 g/mol. The summed E-state index contributed by atoms with van der Waals surface area (Å²) in [6.45, 7) is 3.01. The SMILES string of the molecule is CC(CN)CCC(=O)OCc1ccccc1. The molecule has 1 rings (SSSR count). The van der Waals surface area contributed by atoms with Crippen molar-refractivity contribution in [2.45, 2.75) is 26.4 Å². The van der Waals surface area contributed by atoms with Gasteiger partial charge >= 0.3 is 5.97 Å². The van der Waals surface area contributed by atoms with E-state index in [-0.39, 0.29) is 5.97 Å². The van der Waals surface area contributed by atoms with Crippen LogP contribution in [0.3, 0.4) is 0 Å². The molecular formula is C13H19NO2. The number of rotatable bonds is 6. The van der Waals surface area contributed by atoms with E-state index in [1.54, 1.807) is 0 Å². The molecule has 0 spiro atoms. The number of ether oxygens (including phenoxy) is 1. The number of benzene rings is 1. The second-order valence-electron chi connectivity index (χ2n) is 4.03. The molecule has 3 nitrogen and oxygen atoms in total. The summed E-state index contributed by atoms with van der Waals surface area (Å²) in [6.07, 6.45) is 1.25. The molecule has 0 saturated heterocycles. The molecule has 0 saturated carbocycles. The molecule has 0 bridgehead atoms. The highest BCUT2D eigenvalue weighted by Gasteiger charge is 2.06. The van der Waals surface area contributed by atoms with Crippen molar-refractivity contribution in [1.82, 2.24) is 0 Å². The normalized spacial score (nSPS) is 12.1. The van der Waals surface area contributed by atoms with Crippen molar-refractivity contribution in [3.8, 4) is 0 Å². The lowest BCUT2D eigenvalue weighted by Gasteiger charge is -2.08. The number of carbonyl (C=O) groups is 1. The Morgan fingerprint density at radius 3 is 2.69 bits per heavy atom. The molecule has 0 aromatic heterocycles. The molecule has 2 N–H and O–H groups in total. The van der Waals surface area contributed by atoms with Crippen molar-refractivity contribution >= 4 is 5.97 Å². The van der Waals surface area contributed by atoms with Crippen molar-refractivity contribution < 1.29 is 9.53 Å². The molecule has 0 aliphatic carbocycles. The predicted molar refractivity (Wildman–Crippen MR) is 63.7 cm³/mol. The van der Waals surface area contributed by atoms with Gasteiger partial charge in [-0.3, -0.25) is 4.79 Å². The molecule has 0 heterocycles. The topological polar surface area (TPSA) is 52.3 Å². The van der Waals surface area contributed by atoms with Gasteiger partial charge in [0.15, 0.2) is 0 Å². The maximum Gasteiger partial charge on any atom is 0.306 e. The van der Waals surface area contributed by atoms with E-state index in [0.29, 0.717) is 25.5 Å². The van der Waals surface area contributed by atoms with Gasteiger partial charge in [-0.15, -0.1) is 0 Å². The van der Waals surface area contributed by atoms with Gasteiger partial charge in [-0.2, -0.15) is 0 Å². The standard InChI is InChI=1S/C13H19NO2/c1-11(9-14)7-8-13(15)16-10-12-5-3-2-4-6-12/h2-6,11H,7-10,14H2,1H3. The van der Waals surface area contributed by atoms with Crippen LogP contribution in [-0.2, 0) is 16.1 Å². The molecule has 0 aliphatic heterocycles. The minimum absolute atomic E-state index is 0.149. The molecule has 0 aliphatic rings. The minimum Gasteiger partial charge on any atom is -0.461 e. The van der Waals surface area contributed by atoms with Crippen LogP contribution >= 0.6 is 0 Å². The number of nitrogens with two attached hydrogens (primary N) is 1.